The van der Waals surface area contributed by atoms with E-state index in [2.05, 4.69) is 22.1 Å². The zero-order valence-electron chi connectivity index (χ0n) is 9.74. The Kier molecular flexibility index (Phi) is 3.96. The molecule has 2 aliphatic heterocycles. The molecule has 1 amide bonds. The van der Waals surface area contributed by atoms with Crippen LogP contribution in [0.25, 0.3) is 0 Å². The Morgan fingerprint density at radius 3 is 3.25 bits per heavy atom. The van der Waals surface area contributed by atoms with Gasteiger partial charge in [-0.1, -0.05) is 6.08 Å². The number of piperidine rings is 1. The molecule has 0 saturated carbocycles. The van der Waals surface area contributed by atoms with Gasteiger partial charge in [0.05, 0.1) is 6.54 Å². The molecule has 4 heteroatoms. The van der Waals surface area contributed by atoms with Crippen molar-refractivity contribution in [2.75, 3.05) is 32.7 Å². The van der Waals surface area contributed by atoms with Crippen LogP contribution in [0.5, 0.6) is 0 Å². The van der Waals surface area contributed by atoms with E-state index in [0.29, 0.717) is 19.1 Å². The summed E-state index contributed by atoms with van der Waals surface area (Å²) in [6.45, 7) is 7.92. The lowest BCUT2D eigenvalue weighted by Gasteiger charge is -2.36. The fourth-order valence-electron chi connectivity index (χ4n) is 2.79. The van der Waals surface area contributed by atoms with Gasteiger partial charge < -0.3 is 10.6 Å². The van der Waals surface area contributed by atoms with Crippen molar-refractivity contribution in [1.29, 1.82) is 0 Å². The van der Waals surface area contributed by atoms with Crippen LogP contribution in [0, 0.1) is 5.92 Å². The third kappa shape index (κ3) is 2.62. The van der Waals surface area contributed by atoms with E-state index in [-0.39, 0.29) is 5.91 Å². The zero-order chi connectivity index (χ0) is 11.4. The van der Waals surface area contributed by atoms with Gasteiger partial charge >= 0.3 is 0 Å². The summed E-state index contributed by atoms with van der Waals surface area (Å²) in [7, 11) is 0. The summed E-state index contributed by atoms with van der Waals surface area (Å²) in [6, 6.07) is 0.572. The van der Waals surface area contributed by atoms with Crippen LogP contribution in [0.15, 0.2) is 12.7 Å². The van der Waals surface area contributed by atoms with Gasteiger partial charge in [0.15, 0.2) is 0 Å². The number of nitrogens with zero attached hydrogens (tertiary/aromatic N) is 1. The van der Waals surface area contributed by atoms with E-state index >= 15 is 0 Å². The van der Waals surface area contributed by atoms with Crippen LogP contribution in [-0.4, -0.2) is 49.6 Å². The summed E-state index contributed by atoms with van der Waals surface area (Å²) < 4.78 is 0. The number of carbonyl (C=O) groups excluding carboxylic acids is 1. The molecule has 2 unspecified atom stereocenters. The number of fused-ring (bicyclic) bond motifs is 1. The topological polar surface area (TPSA) is 44.4 Å². The van der Waals surface area contributed by atoms with Gasteiger partial charge in [0.25, 0.3) is 0 Å². The van der Waals surface area contributed by atoms with Crippen LogP contribution in [0.2, 0.25) is 0 Å². The molecule has 0 aromatic heterocycles. The van der Waals surface area contributed by atoms with Crippen molar-refractivity contribution in [3.8, 4) is 0 Å². The van der Waals surface area contributed by atoms with Gasteiger partial charge in [-0.15, -0.1) is 6.58 Å². The molecule has 2 N–H and O–H groups in total. The zero-order valence-corrected chi connectivity index (χ0v) is 9.74. The van der Waals surface area contributed by atoms with Crippen molar-refractivity contribution < 1.29 is 4.79 Å². The number of nitrogens with one attached hydrogen (secondary N) is 2. The van der Waals surface area contributed by atoms with E-state index in [1.807, 2.05) is 0 Å². The molecule has 2 rings (SSSR count). The highest BCUT2D eigenvalue weighted by molar-refractivity contribution is 5.78. The van der Waals surface area contributed by atoms with Crippen LogP contribution in [0.1, 0.15) is 12.8 Å². The predicted molar refractivity (Wildman–Crippen MR) is 64.2 cm³/mol. The smallest absolute Gasteiger partial charge is 0.234 e. The molecule has 2 fully saturated rings. The molecule has 2 saturated heterocycles. The fraction of sp³-hybridized carbons (Fsp3) is 0.750. The number of likely N-dealkylation sites (tertiary alicyclic amines) is 1. The second-order valence-electron chi connectivity index (χ2n) is 4.69. The van der Waals surface area contributed by atoms with Crippen LogP contribution >= 0.6 is 0 Å². The lowest BCUT2D eigenvalue weighted by Crippen LogP contribution is -2.49. The lowest BCUT2D eigenvalue weighted by atomic mass is 9.92. The summed E-state index contributed by atoms with van der Waals surface area (Å²) in [5.41, 5.74) is 0. The van der Waals surface area contributed by atoms with E-state index in [1.54, 1.807) is 6.08 Å². The number of hydrogen-bond acceptors (Lipinski definition) is 3. The minimum absolute atomic E-state index is 0.118. The molecule has 0 aromatic carbocycles. The number of hydrogen-bond donors (Lipinski definition) is 2. The maximum absolute atomic E-state index is 11.6. The molecule has 0 radical (unpaired) electrons. The van der Waals surface area contributed by atoms with Crippen molar-refractivity contribution in [2.24, 2.45) is 5.92 Å². The van der Waals surface area contributed by atoms with E-state index < -0.39 is 0 Å². The predicted octanol–water partition coefficient (Wildman–Crippen LogP) is -0.0276. The molecule has 4 nitrogen and oxygen atoms in total. The molecular weight excluding hydrogens is 202 g/mol. The molecule has 16 heavy (non-hydrogen) atoms. The monoisotopic (exact) mass is 223 g/mol. The van der Waals surface area contributed by atoms with Crippen molar-refractivity contribution in [2.45, 2.75) is 18.9 Å². The number of amides is 1. The normalized spacial score (nSPS) is 29.8. The van der Waals surface area contributed by atoms with Crippen molar-refractivity contribution in [3.05, 3.63) is 12.7 Å². The molecule has 2 aliphatic rings. The van der Waals surface area contributed by atoms with Crippen LogP contribution < -0.4 is 10.6 Å². The van der Waals surface area contributed by atoms with Crippen LogP contribution in [0.3, 0.4) is 0 Å². The summed E-state index contributed by atoms with van der Waals surface area (Å²) in [4.78, 5) is 14.0. The standard InChI is InChI=1S/C12H21N3O/c1-2-5-14-12(16)9-15-6-3-4-10-7-13-8-11(10)15/h2,10-11,13H,1,3-9H2,(H,14,16). The molecule has 0 bridgehead atoms. The van der Waals surface area contributed by atoms with E-state index in [1.165, 1.54) is 12.8 Å². The van der Waals surface area contributed by atoms with Gasteiger partial charge in [-0.05, 0) is 31.8 Å². The lowest BCUT2D eigenvalue weighted by molar-refractivity contribution is -0.123. The van der Waals surface area contributed by atoms with Gasteiger partial charge in [-0.2, -0.15) is 0 Å². The first kappa shape index (κ1) is 11.6. The largest absolute Gasteiger partial charge is 0.352 e. The highest BCUT2D eigenvalue weighted by Gasteiger charge is 2.35. The SMILES string of the molecule is C=CCNC(=O)CN1CCCC2CNCC21. The molecule has 0 aliphatic carbocycles. The highest BCUT2D eigenvalue weighted by atomic mass is 16.2. The Hall–Kier alpha value is -0.870. The fourth-order valence-corrected chi connectivity index (χ4v) is 2.79. The van der Waals surface area contributed by atoms with Gasteiger partial charge in [0, 0.05) is 19.1 Å². The summed E-state index contributed by atoms with van der Waals surface area (Å²) >= 11 is 0. The Balaban J connectivity index is 1.83. The summed E-state index contributed by atoms with van der Waals surface area (Å²) in [6.07, 6.45) is 4.24. The molecular formula is C12H21N3O. The Labute approximate surface area is 97.1 Å². The summed E-state index contributed by atoms with van der Waals surface area (Å²) in [5, 5.41) is 6.26. The van der Waals surface area contributed by atoms with Gasteiger partial charge in [-0.25, -0.2) is 0 Å². The maximum atomic E-state index is 11.6. The summed E-state index contributed by atoms with van der Waals surface area (Å²) in [5.74, 6) is 0.869. The average molecular weight is 223 g/mol. The van der Waals surface area contributed by atoms with Crippen LogP contribution in [0.4, 0.5) is 0 Å². The van der Waals surface area contributed by atoms with Gasteiger partial charge in [0.1, 0.15) is 0 Å². The average Bonchev–Trinajstić information content (AvgIpc) is 2.75. The molecule has 90 valence electrons. The molecule has 2 heterocycles. The number of rotatable bonds is 4. The minimum Gasteiger partial charge on any atom is -0.352 e. The second kappa shape index (κ2) is 5.46. The van der Waals surface area contributed by atoms with Crippen molar-refractivity contribution in [3.63, 3.8) is 0 Å². The highest BCUT2D eigenvalue weighted by Crippen LogP contribution is 2.25. The minimum atomic E-state index is 0.118. The van der Waals surface area contributed by atoms with Gasteiger partial charge in [-0.3, -0.25) is 9.69 Å². The Morgan fingerprint density at radius 1 is 1.56 bits per heavy atom. The van der Waals surface area contributed by atoms with E-state index in [4.69, 9.17) is 0 Å². The first-order valence-electron chi connectivity index (χ1n) is 6.13. The molecule has 0 spiro atoms. The second-order valence-corrected chi connectivity index (χ2v) is 4.69. The van der Waals surface area contributed by atoms with E-state index in [0.717, 1.165) is 25.6 Å². The first-order chi connectivity index (χ1) is 7.81. The first-order valence-corrected chi connectivity index (χ1v) is 6.13. The van der Waals surface area contributed by atoms with Crippen LogP contribution in [-0.2, 0) is 4.79 Å². The number of carbonyl (C=O) groups is 1. The third-order valence-electron chi connectivity index (χ3n) is 3.58. The van der Waals surface area contributed by atoms with Crippen molar-refractivity contribution in [1.82, 2.24) is 15.5 Å². The molecule has 0 aromatic rings. The van der Waals surface area contributed by atoms with E-state index in [9.17, 15) is 4.79 Å². The quantitative estimate of drug-likeness (QED) is 0.658. The van der Waals surface area contributed by atoms with Gasteiger partial charge in [0.2, 0.25) is 5.91 Å². The maximum Gasteiger partial charge on any atom is 0.234 e. The Bertz CT molecular complexity index is 267. The molecule has 2 atom stereocenters. The third-order valence-corrected chi connectivity index (χ3v) is 3.58. The van der Waals surface area contributed by atoms with Crippen molar-refractivity contribution >= 4 is 5.91 Å². The Morgan fingerprint density at radius 2 is 2.44 bits per heavy atom.